The van der Waals surface area contributed by atoms with Crippen LogP contribution >= 0.6 is 11.6 Å². The Kier molecular flexibility index (Phi) is 4.38. The standard InChI is InChI=1S/C14H17ClF2/c15-12-6-3-1-2-5-10(12)9-11-13(16)7-4-8-14(11)17/h4,7-8,10,12H,1-3,5-6,9H2. The number of benzene rings is 1. The molecule has 0 aliphatic heterocycles. The van der Waals surface area contributed by atoms with Gasteiger partial charge in [0.05, 0.1) is 0 Å². The number of halogens is 3. The summed E-state index contributed by atoms with van der Waals surface area (Å²) >= 11 is 6.30. The fourth-order valence-electron chi connectivity index (χ4n) is 2.56. The molecule has 3 heteroatoms. The molecule has 0 nitrogen and oxygen atoms in total. The SMILES string of the molecule is Fc1cccc(F)c1CC1CCCCCC1Cl. The predicted molar refractivity (Wildman–Crippen MR) is 66.3 cm³/mol. The molecule has 0 bridgehead atoms. The average molecular weight is 259 g/mol. The van der Waals surface area contributed by atoms with E-state index in [1.807, 2.05) is 0 Å². The van der Waals surface area contributed by atoms with Crippen molar-refractivity contribution in [3.8, 4) is 0 Å². The molecule has 94 valence electrons. The van der Waals surface area contributed by atoms with Crippen LogP contribution in [0.25, 0.3) is 0 Å². The van der Waals surface area contributed by atoms with Crippen LogP contribution in [0.2, 0.25) is 0 Å². The summed E-state index contributed by atoms with van der Waals surface area (Å²) in [5.74, 6) is -0.693. The highest BCUT2D eigenvalue weighted by molar-refractivity contribution is 6.20. The first-order chi connectivity index (χ1) is 8.18. The van der Waals surface area contributed by atoms with Crippen molar-refractivity contribution in [2.45, 2.75) is 43.9 Å². The Morgan fingerprint density at radius 1 is 1.06 bits per heavy atom. The third kappa shape index (κ3) is 3.19. The second kappa shape index (κ2) is 5.81. The van der Waals surface area contributed by atoms with Crippen LogP contribution in [-0.2, 0) is 6.42 Å². The molecule has 2 rings (SSSR count). The van der Waals surface area contributed by atoms with Crippen molar-refractivity contribution in [1.82, 2.24) is 0 Å². The van der Waals surface area contributed by atoms with Crippen molar-refractivity contribution in [3.63, 3.8) is 0 Å². The molecule has 1 aromatic rings. The highest BCUT2D eigenvalue weighted by Crippen LogP contribution is 2.31. The minimum absolute atomic E-state index is 0.0523. The summed E-state index contributed by atoms with van der Waals surface area (Å²) in [5, 5.41) is 0.0523. The van der Waals surface area contributed by atoms with Gasteiger partial charge in [0.2, 0.25) is 0 Å². The fourth-order valence-corrected chi connectivity index (χ4v) is 2.93. The first-order valence-corrected chi connectivity index (χ1v) is 6.69. The molecule has 0 spiro atoms. The van der Waals surface area contributed by atoms with Gasteiger partial charge in [0.25, 0.3) is 0 Å². The van der Waals surface area contributed by atoms with Gasteiger partial charge in [-0.05, 0) is 37.3 Å². The second-order valence-electron chi connectivity index (χ2n) is 4.82. The van der Waals surface area contributed by atoms with Gasteiger partial charge in [-0.15, -0.1) is 11.6 Å². The molecule has 0 amide bonds. The molecular formula is C14H17ClF2. The number of hydrogen-bond donors (Lipinski definition) is 0. The zero-order valence-corrected chi connectivity index (χ0v) is 10.5. The largest absolute Gasteiger partial charge is 0.207 e. The summed E-state index contributed by atoms with van der Waals surface area (Å²) in [4.78, 5) is 0. The van der Waals surface area contributed by atoms with E-state index in [0.717, 1.165) is 25.7 Å². The van der Waals surface area contributed by atoms with Gasteiger partial charge in [-0.3, -0.25) is 0 Å². The second-order valence-corrected chi connectivity index (χ2v) is 5.38. The third-order valence-corrected chi connectivity index (χ3v) is 4.17. The van der Waals surface area contributed by atoms with Gasteiger partial charge in [-0.2, -0.15) is 0 Å². The predicted octanol–water partition coefficient (Wildman–Crippen LogP) is 4.70. The maximum atomic E-state index is 13.6. The van der Waals surface area contributed by atoms with Gasteiger partial charge in [0.1, 0.15) is 11.6 Å². The molecule has 2 unspecified atom stereocenters. The van der Waals surface area contributed by atoms with Crippen LogP contribution in [0.1, 0.15) is 37.7 Å². The molecule has 1 aliphatic carbocycles. The zero-order valence-electron chi connectivity index (χ0n) is 9.76. The van der Waals surface area contributed by atoms with Crippen molar-refractivity contribution in [3.05, 3.63) is 35.4 Å². The third-order valence-electron chi connectivity index (χ3n) is 3.59. The average Bonchev–Trinajstić information content (AvgIpc) is 2.49. The monoisotopic (exact) mass is 258 g/mol. The van der Waals surface area contributed by atoms with Crippen LogP contribution in [0.4, 0.5) is 8.78 Å². The summed E-state index contributed by atoms with van der Waals surface area (Å²) < 4.78 is 27.1. The summed E-state index contributed by atoms with van der Waals surface area (Å²) in [6.07, 6.45) is 5.78. The lowest BCUT2D eigenvalue weighted by molar-refractivity contribution is 0.440. The molecule has 1 aliphatic rings. The van der Waals surface area contributed by atoms with Crippen molar-refractivity contribution in [1.29, 1.82) is 0 Å². The Hall–Kier alpha value is -0.630. The highest BCUT2D eigenvalue weighted by Gasteiger charge is 2.24. The lowest BCUT2D eigenvalue weighted by atomic mass is 9.91. The molecule has 0 heterocycles. The maximum absolute atomic E-state index is 13.6. The van der Waals surface area contributed by atoms with Crippen molar-refractivity contribution in [2.75, 3.05) is 0 Å². The summed E-state index contributed by atoms with van der Waals surface area (Å²) in [6.45, 7) is 0. The molecule has 1 fully saturated rings. The van der Waals surface area contributed by atoms with Gasteiger partial charge < -0.3 is 0 Å². The van der Waals surface area contributed by atoms with E-state index in [-0.39, 0.29) is 16.9 Å². The van der Waals surface area contributed by atoms with E-state index in [4.69, 9.17) is 11.6 Å². The minimum Gasteiger partial charge on any atom is -0.207 e. The zero-order chi connectivity index (χ0) is 12.3. The van der Waals surface area contributed by atoms with Crippen LogP contribution in [0.15, 0.2) is 18.2 Å². The molecule has 0 saturated heterocycles. The number of hydrogen-bond acceptors (Lipinski definition) is 0. The van der Waals surface area contributed by atoms with Crippen LogP contribution < -0.4 is 0 Å². The summed E-state index contributed by atoms with van der Waals surface area (Å²) in [5.41, 5.74) is 0.199. The Bertz CT molecular complexity index is 358. The minimum atomic E-state index is -0.446. The van der Waals surface area contributed by atoms with Crippen molar-refractivity contribution in [2.24, 2.45) is 5.92 Å². The van der Waals surface area contributed by atoms with Crippen LogP contribution in [0, 0.1) is 17.6 Å². The number of rotatable bonds is 2. The summed E-state index contributed by atoms with van der Waals surface area (Å²) in [6, 6.07) is 4.04. The lowest BCUT2D eigenvalue weighted by Gasteiger charge is -2.20. The molecular weight excluding hydrogens is 242 g/mol. The van der Waals surface area contributed by atoms with Crippen LogP contribution in [-0.4, -0.2) is 5.38 Å². The Labute approximate surface area is 106 Å². The Morgan fingerprint density at radius 3 is 2.41 bits per heavy atom. The quantitative estimate of drug-likeness (QED) is 0.533. The van der Waals surface area contributed by atoms with E-state index >= 15 is 0 Å². The van der Waals surface area contributed by atoms with Crippen LogP contribution in [0.3, 0.4) is 0 Å². The Morgan fingerprint density at radius 2 is 1.71 bits per heavy atom. The number of alkyl halides is 1. The smallest absolute Gasteiger partial charge is 0.129 e. The van der Waals surface area contributed by atoms with E-state index in [1.54, 1.807) is 0 Å². The molecule has 0 radical (unpaired) electrons. The van der Waals surface area contributed by atoms with E-state index in [9.17, 15) is 8.78 Å². The molecule has 1 aromatic carbocycles. The molecule has 2 atom stereocenters. The van der Waals surface area contributed by atoms with Gasteiger partial charge in [-0.1, -0.05) is 25.3 Å². The van der Waals surface area contributed by atoms with E-state index in [2.05, 4.69) is 0 Å². The van der Waals surface area contributed by atoms with Gasteiger partial charge in [0.15, 0.2) is 0 Å². The fraction of sp³-hybridized carbons (Fsp3) is 0.571. The van der Waals surface area contributed by atoms with E-state index < -0.39 is 11.6 Å². The molecule has 1 saturated carbocycles. The molecule has 0 aromatic heterocycles. The van der Waals surface area contributed by atoms with Crippen molar-refractivity contribution >= 4 is 11.6 Å². The first-order valence-electron chi connectivity index (χ1n) is 6.25. The van der Waals surface area contributed by atoms with E-state index in [0.29, 0.717) is 6.42 Å². The van der Waals surface area contributed by atoms with Gasteiger partial charge >= 0.3 is 0 Å². The van der Waals surface area contributed by atoms with Crippen LogP contribution in [0.5, 0.6) is 0 Å². The normalized spacial score (nSPS) is 25.6. The molecule has 0 N–H and O–H groups in total. The first kappa shape index (κ1) is 12.8. The lowest BCUT2D eigenvalue weighted by Crippen LogP contribution is -2.17. The maximum Gasteiger partial charge on any atom is 0.129 e. The Balaban J connectivity index is 2.13. The van der Waals surface area contributed by atoms with Gasteiger partial charge in [0, 0.05) is 10.9 Å². The summed E-state index contributed by atoms with van der Waals surface area (Å²) in [7, 11) is 0. The topological polar surface area (TPSA) is 0 Å². The van der Waals surface area contributed by atoms with Gasteiger partial charge in [-0.25, -0.2) is 8.78 Å². The highest BCUT2D eigenvalue weighted by atomic mass is 35.5. The van der Waals surface area contributed by atoms with E-state index in [1.165, 1.54) is 24.6 Å². The van der Waals surface area contributed by atoms with Crippen molar-refractivity contribution < 1.29 is 8.78 Å². The molecule has 17 heavy (non-hydrogen) atoms.